The molecule has 18 heavy (non-hydrogen) atoms. The summed E-state index contributed by atoms with van der Waals surface area (Å²) in [6.45, 7) is 4.33. The second-order valence-corrected chi connectivity index (χ2v) is 5.56. The van der Waals surface area contributed by atoms with Crippen LogP contribution in [0.4, 0.5) is 0 Å². The van der Waals surface area contributed by atoms with Crippen LogP contribution in [0.2, 0.25) is 0 Å². The number of fused-ring (bicyclic) bond motifs is 1. The second kappa shape index (κ2) is 3.84. The number of benzene rings is 1. The number of furan rings is 1. The first-order chi connectivity index (χ1) is 8.56. The zero-order chi connectivity index (χ0) is 12.8. The van der Waals surface area contributed by atoms with Crippen LogP contribution in [0.15, 0.2) is 40.8 Å². The lowest BCUT2D eigenvalue weighted by atomic mass is 9.74. The summed E-state index contributed by atoms with van der Waals surface area (Å²) in [6.07, 6.45) is 3.27. The van der Waals surface area contributed by atoms with Gasteiger partial charge in [-0.25, -0.2) is 0 Å². The summed E-state index contributed by atoms with van der Waals surface area (Å²) in [5.74, 6) is 1.03. The number of para-hydroxylation sites is 1. The summed E-state index contributed by atoms with van der Waals surface area (Å²) in [7, 11) is 0. The first-order valence-electron chi connectivity index (χ1n) is 6.30. The Labute approximate surface area is 106 Å². The van der Waals surface area contributed by atoms with E-state index in [4.69, 9.17) is 4.42 Å². The summed E-state index contributed by atoms with van der Waals surface area (Å²) in [6, 6.07) is 9.97. The third-order valence-electron chi connectivity index (χ3n) is 3.72. The fourth-order valence-corrected chi connectivity index (χ4v) is 2.52. The Bertz CT molecular complexity index is 611. The Hall–Kier alpha value is -1.83. The maximum atomic E-state index is 11.6. The van der Waals surface area contributed by atoms with E-state index in [1.165, 1.54) is 0 Å². The highest BCUT2D eigenvalue weighted by molar-refractivity contribution is 5.99. The van der Waals surface area contributed by atoms with Crippen molar-refractivity contribution in [3.63, 3.8) is 0 Å². The molecule has 0 aliphatic heterocycles. The molecule has 2 nitrogen and oxygen atoms in total. The highest BCUT2D eigenvalue weighted by atomic mass is 16.3. The van der Waals surface area contributed by atoms with Crippen LogP contribution in [0.25, 0.3) is 16.5 Å². The monoisotopic (exact) mass is 240 g/mol. The van der Waals surface area contributed by atoms with Crippen molar-refractivity contribution in [2.75, 3.05) is 0 Å². The Morgan fingerprint density at radius 1 is 1.22 bits per heavy atom. The maximum absolute atomic E-state index is 11.6. The number of hydrogen-bond donors (Lipinski definition) is 0. The molecular weight excluding hydrogens is 224 g/mol. The predicted molar refractivity (Wildman–Crippen MR) is 72.2 cm³/mol. The number of carbonyl (C=O) groups excluding carboxylic acids is 1. The van der Waals surface area contributed by atoms with Gasteiger partial charge in [0.05, 0.1) is 0 Å². The molecule has 0 atom stereocenters. The SMILES string of the molecule is CC1(C)CCC(=O)C=C1c1cc2ccccc2o1. The van der Waals surface area contributed by atoms with Crippen LogP contribution < -0.4 is 0 Å². The minimum atomic E-state index is 0.00177. The lowest BCUT2D eigenvalue weighted by molar-refractivity contribution is -0.115. The van der Waals surface area contributed by atoms with Crippen molar-refractivity contribution in [2.45, 2.75) is 26.7 Å². The molecule has 0 radical (unpaired) electrons. The zero-order valence-electron chi connectivity index (χ0n) is 10.7. The van der Waals surface area contributed by atoms with Gasteiger partial charge in [-0.1, -0.05) is 32.0 Å². The average Bonchev–Trinajstić information content (AvgIpc) is 2.75. The fourth-order valence-electron chi connectivity index (χ4n) is 2.52. The first-order valence-corrected chi connectivity index (χ1v) is 6.30. The normalized spacial score (nSPS) is 19.0. The molecule has 0 bridgehead atoms. The number of allylic oxidation sites excluding steroid dienone is 2. The molecule has 0 saturated carbocycles. The van der Waals surface area contributed by atoms with E-state index >= 15 is 0 Å². The molecule has 92 valence electrons. The third-order valence-corrected chi connectivity index (χ3v) is 3.72. The molecule has 1 aliphatic rings. The summed E-state index contributed by atoms with van der Waals surface area (Å²) >= 11 is 0. The lowest BCUT2D eigenvalue weighted by Gasteiger charge is -2.29. The van der Waals surface area contributed by atoms with E-state index in [-0.39, 0.29) is 11.2 Å². The van der Waals surface area contributed by atoms with E-state index in [1.807, 2.05) is 30.3 Å². The van der Waals surface area contributed by atoms with Crippen LogP contribution in [0.3, 0.4) is 0 Å². The van der Waals surface area contributed by atoms with E-state index in [2.05, 4.69) is 13.8 Å². The zero-order valence-corrected chi connectivity index (χ0v) is 10.7. The molecule has 2 aromatic rings. The van der Waals surface area contributed by atoms with Crippen molar-refractivity contribution in [2.24, 2.45) is 5.41 Å². The van der Waals surface area contributed by atoms with Gasteiger partial charge in [0.25, 0.3) is 0 Å². The maximum Gasteiger partial charge on any atom is 0.156 e. The molecule has 0 amide bonds. The molecule has 1 aliphatic carbocycles. The van der Waals surface area contributed by atoms with Crippen molar-refractivity contribution >= 4 is 22.3 Å². The van der Waals surface area contributed by atoms with Gasteiger partial charge in [-0.05, 0) is 30.0 Å². The van der Waals surface area contributed by atoms with Gasteiger partial charge in [0, 0.05) is 17.4 Å². The number of rotatable bonds is 1. The van der Waals surface area contributed by atoms with Crippen molar-refractivity contribution in [3.8, 4) is 0 Å². The smallest absolute Gasteiger partial charge is 0.156 e. The van der Waals surface area contributed by atoms with Crippen LogP contribution in [0, 0.1) is 5.41 Å². The summed E-state index contributed by atoms with van der Waals surface area (Å²) in [4.78, 5) is 11.6. The number of ketones is 1. The fraction of sp³-hybridized carbons (Fsp3) is 0.312. The molecule has 2 heteroatoms. The van der Waals surface area contributed by atoms with E-state index in [0.29, 0.717) is 6.42 Å². The van der Waals surface area contributed by atoms with Gasteiger partial charge in [-0.2, -0.15) is 0 Å². The lowest BCUT2D eigenvalue weighted by Crippen LogP contribution is -2.20. The average molecular weight is 240 g/mol. The Morgan fingerprint density at radius 3 is 2.78 bits per heavy atom. The summed E-state index contributed by atoms with van der Waals surface area (Å²) in [5, 5.41) is 1.09. The largest absolute Gasteiger partial charge is 0.456 e. The highest BCUT2D eigenvalue weighted by Gasteiger charge is 2.31. The predicted octanol–water partition coefficient (Wildman–Crippen LogP) is 4.21. The van der Waals surface area contributed by atoms with E-state index in [1.54, 1.807) is 6.08 Å². The first kappa shape index (κ1) is 11.3. The quantitative estimate of drug-likeness (QED) is 0.747. The molecular formula is C16H16O2. The Kier molecular flexibility index (Phi) is 2.40. The van der Waals surface area contributed by atoms with E-state index in [9.17, 15) is 4.79 Å². The molecule has 1 heterocycles. The Morgan fingerprint density at radius 2 is 2.00 bits per heavy atom. The number of hydrogen-bond acceptors (Lipinski definition) is 2. The Balaban J connectivity index is 2.15. The van der Waals surface area contributed by atoms with Crippen LogP contribution in [0.1, 0.15) is 32.4 Å². The van der Waals surface area contributed by atoms with Crippen LogP contribution in [-0.2, 0) is 4.79 Å². The third kappa shape index (κ3) is 1.78. The highest BCUT2D eigenvalue weighted by Crippen LogP contribution is 2.42. The molecule has 0 saturated heterocycles. The minimum Gasteiger partial charge on any atom is -0.456 e. The summed E-state index contributed by atoms with van der Waals surface area (Å²) in [5.41, 5.74) is 1.90. The van der Waals surface area contributed by atoms with Crippen LogP contribution in [-0.4, -0.2) is 5.78 Å². The molecule has 0 unspecified atom stereocenters. The van der Waals surface area contributed by atoms with Crippen LogP contribution >= 0.6 is 0 Å². The molecule has 1 aromatic heterocycles. The van der Waals surface area contributed by atoms with Crippen molar-refractivity contribution in [1.29, 1.82) is 0 Å². The van der Waals surface area contributed by atoms with Crippen molar-refractivity contribution in [1.82, 2.24) is 0 Å². The van der Waals surface area contributed by atoms with Gasteiger partial charge in [-0.3, -0.25) is 4.79 Å². The summed E-state index contributed by atoms with van der Waals surface area (Å²) < 4.78 is 5.87. The molecule has 0 spiro atoms. The second-order valence-electron chi connectivity index (χ2n) is 5.56. The topological polar surface area (TPSA) is 30.2 Å². The van der Waals surface area contributed by atoms with Gasteiger partial charge in [0.15, 0.2) is 5.78 Å². The van der Waals surface area contributed by atoms with Crippen molar-refractivity contribution in [3.05, 3.63) is 42.2 Å². The van der Waals surface area contributed by atoms with Gasteiger partial charge in [0.2, 0.25) is 0 Å². The van der Waals surface area contributed by atoms with Crippen LogP contribution in [0.5, 0.6) is 0 Å². The molecule has 1 aromatic carbocycles. The van der Waals surface area contributed by atoms with Gasteiger partial charge in [0.1, 0.15) is 11.3 Å². The van der Waals surface area contributed by atoms with E-state index < -0.39 is 0 Å². The number of carbonyl (C=O) groups is 1. The molecule has 3 rings (SSSR count). The minimum absolute atomic E-state index is 0.00177. The van der Waals surface area contributed by atoms with Gasteiger partial charge < -0.3 is 4.42 Å². The molecule has 0 fully saturated rings. The standard InChI is InChI=1S/C16H16O2/c1-16(2)8-7-12(17)10-13(16)15-9-11-5-3-4-6-14(11)18-15/h3-6,9-10H,7-8H2,1-2H3. The van der Waals surface area contributed by atoms with Gasteiger partial charge in [-0.15, -0.1) is 0 Å². The van der Waals surface area contributed by atoms with E-state index in [0.717, 1.165) is 28.7 Å². The molecule has 0 N–H and O–H groups in total. The van der Waals surface area contributed by atoms with Crippen molar-refractivity contribution < 1.29 is 9.21 Å². The van der Waals surface area contributed by atoms with Gasteiger partial charge >= 0.3 is 0 Å².